The van der Waals surface area contributed by atoms with Gasteiger partial charge in [-0.1, -0.05) is 11.6 Å². The summed E-state index contributed by atoms with van der Waals surface area (Å²) in [5, 5.41) is 0.0296. The van der Waals surface area contributed by atoms with Crippen molar-refractivity contribution >= 4 is 33.0 Å². The van der Waals surface area contributed by atoms with Gasteiger partial charge in [0.15, 0.2) is 9.84 Å². The van der Waals surface area contributed by atoms with Crippen molar-refractivity contribution in [1.29, 1.82) is 0 Å². The van der Waals surface area contributed by atoms with E-state index in [4.69, 9.17) is 17.3 Å². The maximum atomic E-state index is 12.0. The second kappa shape index (κ2) is 5.58. The zero-order valence-electron chi connectivity index (χ0n) is 10.2. The minimum atomic E-state index is -3.74. The molecule has 1 amide bonds. The number of carbonyl (C=O) groups is 1. The van der Waals surface area contributed by atoms with Crippen LogP contribution in [0.5, 0.6) is 0 Å². The largest absolute Gasteiger partial charge is 0.399 e. The normalized spacial score (nSPS) is 11.3. The van der Waals surface area contributed by atoms with Gasteiger partial charge in [0, 0.05) is 19.3 Å². The maximum Gasteiger partial charge on any atom is 0.237 e. The molecule has 1 aromatic rings. The Kier molecular flexibility index (Phi) is 4.59. The van der Waals surface area contributed by atoms with E-state index in [2.05, 4.69) is 0 Å². The molecule has 0 aromatic heterocycles. The Labute approximate surface area is 111 Å². The second-order valence-corrected chi connectivity index (χ2v) is 6.22. The maximum absolute atomic E-state index is 12.0. The molecule has 0 saturated heterocycles. The highest BCUT2D eigenvalue weighted by atomic mass is 35.5. The number of benzene rings is 1. The van der Waals surface area contributed by atoms with Gasteiger partial charge in [0.1, 0.15) is 5.75 Å². The Morgan fingerprint density at radius 1 is 1.44 bits per heavy atom. The number of nitrogens with zero attached hydrogens (tertiary/aromatic N) is 1. The van der Waals surface area contributed by atoms with Crippen LogP contribution in [0.1, 0.15) is 6.92 Å². The van der Waals surface area contributed by atoms with E-state index in [0.717, 1.165) is 0 Å². The van der Waals surface area contributed by atoms with Gasteiger partial charge in [0.05, 0.1) is 9.92 Å². The summed E-state index contributed by atoms with van der Waals surface area (Å²) < 4.78 is 24.0. The van der Waals surface area contributed by atoms with Crippen LogP contribution in [0.4, 0.5) is 5.69 Å². The molecule has 0 atom stereocenters. The van der Waals surface area contributed by atoms with Crippen LogP contribution in [0, 0.1) is 0 Å². The summed E-state index contributed by atoms with van der Waals surface area (Å²) in [6.45, 7) is 2.21. The molecule has 18 heavy (non-hydrogen) atoms. The van der Waals surface area contributed by atoms with Gasteiger partial charge < -0.3 is 10.6 Å². The fraction of sp³-hybridized carbons (Fsp3) is 0.364. The van der Waals surface area contributed by atoms with Gasteiger partial charge in [-0.25, -0.2) is 8.42 Å². The molecule has 1 rings (SSSR count). The van der Waals surface area contributed by atoms with Crippen LogP contribution in [-0.4, -0.2) is 38.6 Å². The monoisotopic (exact) mass is 290 g/mol. The third kappa shape index (κ3) is 3.36. The molecule has 0 bridgehead atoms. The van der Waals surface area contributed by atoms with Crippen LogP contribution in [0.3, 0.4) is 0 Å². The standard InChI is InChI=1S/C11H15ClN2O3S/c1-3-14(2)11(15)7-18(16,17)10-5-4-8(13)6-9(10)12/h4-6H,3,7,13H2,1-2H3. The number of rotatable bonds is 4. The average Bonchev–Trinajstić information content (AvgIpc) is 2.26. The summed E-state index contributed by atoms with van der Waals surface area (Å²) in [6, 6.07) is 4.10. The third-order valence-corrected chi connectivity index (χ3v) is 4.58. The molecule has 0 aliphatic heterocycles. The molecular formula is C11H15ClN2O3S. The number of nitrogen functional groups attached to an aromatic ring is 1. The number of hydrogen-bond acceptors (Lipinski definition) is 4. The minimum Gasteiger partial charge on any atom is -0.399 e. The summed E-state index contributed by atoms with van der Waals surface area (Å²) in [5.74, 6) is -1.06. The van der Waals surface area contributed by atoms with E-state index >= 15 is 0 Å². The Bertz CT molecular complexity index is 557. The molecule has 0 unspecified atom stereocenters. The summed E-state index contributed by atoms with van der Waals surface area (Å²) in [4.78, 5) is 12.9. The van der Waals surface area contributed by atoms with Crippen molar-refractivity contribution in [3.05, 3.63) is 23.2 Å². The van der Waals surface area contributed by atoms with E-state index in [1.165, 1.54) is 23.1 Å². The van der Waals surface area contributed by atoms with Gasteiger partial charge in [-0.3, -0.25) is 4.79 Å². The first-order valence-electron chi connectivity index (χ1n) is 5.29. The number of amides is 1. The van der Waals surface area contributed by atoms with E-state index in [-0.39, 0.29) is 9.92 Å². The van der Waals surface area contributed by atoms with Crippen LogP contribution in [0.25, 0.3) is 0 Å². The molecule has 0 fully saturated rings. The molecule has 100 valence electrons. The van der Waals surface area contributed by atoms with Crippen LogP contribution in [0.15, 0.2) is 23.1 Å². The lowest BCUT2D eigenvalue weighted by Gasteiger charge is -2.14. The average molecular weight is 291 g/mol. The number of halogens is 1. The molecule has 0 saturated carbocycles. The van der Waals surface area contributed by atoms with Crippen molar-refractivity contribution in [2.24, 2.45) is 0 Å². The molecule has 1 aromatic carbocycles. The van der Waals surface area contributed by atoms with E-state index in [9.17, 15) is 13.2 Å². The summed E-state index contributed by atoms with van der Waals surface area (Å²) in [6.07, 6.45) is 0. The van der Waals surface area contributed by atoms with Gasteiger partial charge in [0.25, 0.3) is 0 Å². The summed E-state index contributed by atoms with van der Waals surface area (Å²) >= 11 is 5.83. The first kappa shape index (κ1) is 14.8. The predicted molar refractivity (Wildman–Crippen MR) is 71.2 cm³/mol. The van der Waals surface area contributed by atoms with Crippen molar-refractivity contribution in [3.63, 3.8) is 0 Å². The topological polar surface area (TPSA) is 80.5 Å². The van der Waals surface area contributed by atoms with Gasteiger partial charge in [-0.05, 0) is 25.1 Å². The van der Waals surface area contributed by atoms with E-state index in [1.54, 1.807) is 14.0 Å². The molecule has 0 spiro atoms. The van der Waals surface area contributed by atoms with Crippen molar-refractivity contribution in [1.82, 2.24) is 4.90 Å². The summed E-state index contributed by atoms with van der Waals surface area (Å²) in [7, 11) is -2.20. The molecule has 2 N–H and O–H groups in total. The third-order valence-electron chi connectivity index (χ3n) is 2.50. The quantitative estimate of drug-likeness (QED) is 0.844. The smallest absolute Gasteiger partial charge is 0.237 e. The Hall–Kier alpha value is -1.27. The number of hydrogen-bond donors (Lipinski definition) is 1. The lowest BCUT2D eigenvalue weighted by Crippen LogP contribution is -2.32. The lowest BCUT2D eigenvalue weighted by molar-refractivity contribution is -0.126. The zero-order valence-corrected chi connectivity index (χ0v) is 11.8. The highest BCUT2D eigenvalue weighted by Gasteiger charge is 2.23. The predicted octanol–water partition coefficient (Wildman–Crippen LogP) is 1.17. The van der Waals surface area contributed by atoms with Crippen molar-refractivity contribution < 1.29 is 13.2 Å². The van der Waals surface area contributed by atoms with Crippen molar-refractivity contribution in [2.45, 2.75) is 11.8 Å². The highest BCUT2D eigenvalue weighted by Crippen LogP contribution is 2.24. The fourth-order valence-electron chi connectivity index (χ4n) is 1.30. The van der Waals surface area contributed by atoms with E-state index in [1.807, 2.05) is 0 Å². The Balaban J connectivity index is 3.04. The SMILES string of the molecule is CCN(C)C(=O)CS(=O)(=O)c1ccc(N)cc1Cl. The van der Waals surface area contributed by atoms with Crippen LogP contribution in [0.2, 0.25) is 5.02 Å². The first-order valence-corrected chi connectivity index (χ1v) is 7.32. The van der Waals surface area contributed by atoms with Crippen molar-refractivity contribution in [3.8, 4) is 0 Å². The van der Waals surface area contributed by atoms with Gasteiger partial charge >= 0.3 is 0 Å². The van der Waals surface area contributed by atoms with Gasteiger partial charge in [-0.2, -0.15) is 0 Å². The molecule has 0 aliphatic carbocycles. The number of sulfone groups is 1. The van der Waals surface area contributed by atoms with Crippen LogP contribution >= 0.6 is 11.6 Å². The molecule has 0 aliphatic rings. The highest BCUT2D eigenvalue weighted by molar-refractivity contribution is 7.92. The Morgan fingerprint density at radius 2 is 2.06 bits per heavy atom. The fourth-order valence-corrected chi connectivity index (χ4v) is 3.17. The number of nitrogens with two attached hydrogens (primary N) is 1. The molecule has 0 radical (unpaired) electrons. The Morgan fingerprint density at radius 3 is 2.56 bits per heavy atom. The first-order chi connectivity index (χ1) is 8.27. The molecule has 0 heterocycles. The number of anilines is 1. The van der Waals surface area contributed by atoms with Gasteiger partial charge in [-0.15, -0.1) is 0 Å². The van der Waals surface area contributed by atoms with Crippen molar-refractivity contribution in [2.75, 3.05) is 25.1 Å². The molecule has 7 heteroatoms. The minimum absolute atomic E-state index is 0.0296. The zero-order chi connectivity index (χ0) is 13.9. The number of carbonyl (C=O) groups excluding carboxylic acids is 1. The van der Waals surface area contributed by atoms with Crippen LogP contribution in [-0.2, 0) is 14.6 Å². The van der Waals surface area contributed by atoms with Gasteiger partial charge in [0.2, 0.25) is 5.91 Å². The second-order valence-electron chi connectivity index (χ2n) is 3.86. The molecular weight excluding hydrogens is 276 g/mol. The van der Waals surface area contributed by atoms with E-state index in [0.29, 0.717) is 12.2 Å². The van der Waals surface area contributed by atoms with Crippen LogP contribution < -0.4 is 5.73 Å². The lowest BCUT2D eigenvalue weighted by atomic mass is 10.3. The van der Waals surface area contributed by atoms with E-state index < -0.39 is 21.5 Å². The summed E-state index contributed by atoms with van der Waals surface area (Å²) in [5.41, 5.74) is 5.86. The molecule has 5 nitrogen and oxygen atoms in total.